The van der Waals surface area contributed by atoms with Crippen molar-refractivity contribution in [2.75, 3.05) is 0 Å². The normalized spacial score (nSPS) is 13.9. The first kappa shape index (κ1) is 31.1. The van der Waals surface area contributed by atoms with E-state index in [4.69, 9.17) is 0 Å². The Hall–Kier alpha value is -7.28. The molecule has 0 spiro atoms. The molecule has 10 aromatic rings. The third kappa shape index (κ3) is 4.42. The summed E-state index contributed by atoms with van der Waals surface area (Å²) in [6, 6.07) is 76.5. The average molecular weight is 707 g/mol. The lowest BCUT2D eigenvalue weighted by Gasteiger charge is -2.19. The summed E-state index contributed by atoms with van der Waals surface area (Å²) in [6.07, 6.45) is 0. The van der Waals surface area contributed by atoms with Crippen LogP contribution in [-0.2, 0) is 0 Å². The van der Waals surface area contributed by atoms with Gasteiger partial charge in [0.05, 0.1) is 0 Å². The van der Waals surface area contributed by atoms with Gasteiger partial charge in [0.2, 0.25) is 0 Å². The van der Waals surface area contributed by atoms with Crippen LogP contribution in [0.1, 0.15) is 33.4 Å². The number of fused-ring (bicyclic) bond motifs is 12. The van der Waals surface area contributed by atoms with Crippen LogP contribution in [0.15, 0.2) is 212 Å². The van der Waals surface area contributed by atoms with Crippen molar-refractivity contribution < 1.29 is 0 Å². The first-order chi connectivity index (χ1) is 27.8. The van der Waals surface area contributed by atoms with Gasteiger partial charge in [-0.15, -0.1) is 0 Å². The van der Waals surface area contributed by atoms with E-state index in [1.165, 1.54) is 121 Å². The quantitative estimate of drug-likeness (QED) is 0.160. The Kier molecular flexibility index (Phi) is 6.73. The summed E-state index contributed by atoms with van der Waals surface area (Å²) in [4.78, 5) is 0. The van der Waals surface area contributed by atoms with Crippen molar-refractivity contribution >= 4 is 81.7 Å². The van der Waals surface area contributed by atoms with Gasteiger partial charge in [-0.25, -0.2) is 0 Å². The highest BCUT2D eigenvalue weighted by Gasteiger charge is 2.41. The topological polar surface area (TPSA) is 0 Å². The highest BCUT2D eigenvalue weighted by atomic mass is 14.4. The lowest BCUT2D eigenvalue weighted by Crippen LogP contribution is -1.96. The second kappa shape index (κ2) is 12.1. The minimum Gasteiger partial charge on any atom is -0.0622 e. The highest BCUT2D eigenvalue weighted by Crippen LogP contribution is 2.62. The zero-order chi connectivity index (χ0) is 36.7. The Bertz CT molecular complexity index is 3360. The minimum absolute atomic E-state index is 1.22. The molecule has 2 aliphatic carbocycles. The predicted octanol–water partition coefficient (Wildman–Crippen LogP) is 14.8. The first-order valence-corrected chi connectivity index (χ1v) is 19.5. The zero-order valence-electron chi connectivity index (χ0n) is 30.6. The van der Waals surface area contributed by atoms with Gasteiger partial charge < -0.3 is 0 Å². The fraction of sp³-hybridized carbons (Fsp3) is 0. The van der Waals surface area contributed by atoms with E-state index < -0.39 is 0 Å². The van der Waals surface area contributed by atoms with Crippen molar-refractivity contribution in [2.24, 2.45) is 0 Å². The Morgan fingerprint density at radius 2 is 0.571 bits per heavy atom. The van der Waals surface area contributed by atoms with Gasteiger partial charge in [0.1, 0.15) is 0 Å². The van der Waals surface area contributed by atoms with Gasteiger partial charge in [-0.3, -0.25) is 0 Å². The second-order valence-electron chi connectivity index (χ2n) is 15.1. The van der Waals surface area contributed by atoms with Gasteiger partial charge in [0, 0.05) is 0 Å². The van der Waals surface area contributed by atoms with E-state index >= 15 is 0 Å². The molecule has 0 aliphatic heterocycles. The molecular weight excluding hydrogens is 673 g/mol. The molecule has 0 saturated heterocycles. The van der Waals surface area contributed by atoms with Crippen LogP contribution < -0.4 is 0 Å². The van der Waals surface area contributed by atoms with Gasteiger partial charge in [-0.05, 0) is 133 Å². The Balaban J connectivity index is 1.32. The summed E-state index contributed by atoms with van der Waals surface area (Å²) in [5, 5.41) is 12.8. The van der Waals surface area contributed by atoms with E-state index in [1.807, 2.05) is 0 Å². The molecule has 0 aromatic heterocycles. The molecule has 12 rings (SSSR count). The molecule has 0 heteroatoms. The van der Waals surface area contributed by atoms with Crippen molar-refractivity contribution in [3.05, 3.63) is 245 Å². The standard InChI is InChI=1S/C56H34/c1-4-18-36(19-5-1)51-49-33-47-43-27-14-12-25-41(43)42-26-13-15-28-44(42)48(47)34-50(49)55-54(46-30-16-29-40-39-24-11-10-17-35(39)31-32-45(40)46)52(37-20-6-2-7-21-37)53(56(51)55)38-22-8-3-9-23-38/h1-34H. The molecule has 0 nitrogen and oxygen atoms in total. The van der Waals surface area contributed by atoms with E-state index in [0.29, 0.717) is 0 Å². The number of benzene rings is 10. The van der Waals surface area contributed by atoms with E-state index in [9.17, 15) is 0 Å². The largest absolute Gasteiger partial charge is 0.0622 e. The molecule has 0 amide bonds. The van der Waals surface area contributed by atoms with E-state index in [1.54, 1.807) is 0 Å². The Morgan fingerprint density at radius 1 is 0.179 bits per heavy atom. The van der Waals surface area contributed by atoms with Gasteiger partial charge in [0.25, 0.3) is 0 Å². The average Bonchev–Trinajstić information content (AvgIpc) is 3.78. The molecule has 0 saturated carbocycles. The molecule has 0 N–H and O–H groups in total. The summed E-state index contributed by atoms with van der Waals surface area (Å²) >= 11 is 0. The van der Waals surface area contributed by atoms with E-state index in [0.717, 1.165) is 0 Å². The SMILES string of the molecule is c1ccc(C2=C(c3ccccc3)C(c3cccc4c3ccc3ccccc34)=C3C2=C(c2ccccc2)c2cc4c5ccccc5c5ccccc5c4cc23)cc1. The van der Waals surface area contributed by atoms with Gasteiger partial charge in [-0.2, -0.15) is 0 Å². The van der Waals surface area contributed by atoms with Crippen LogP contribution in [0, 0.1) is 0 Å². The van der Waals surface area contributed by atoms with Crippen molar-refractivity contribution in [1.82, 2.24) is 0 Å². The van der Waals surface area contributed by atoms with Crippen LogP contribution in [0.4, 0.5) is 0 Å². The number of allylic oxidation sites excluding steroid dienone is 5. The van der Waals surface area contributed by atoms with Crippen LogP contribution in [0.3, 0.4) is 0 Å². The molecule has 56 heavy (non-hydrogen) atoms. The van der Waals surface area contributed by atoms with Crippen LogP contribution in [0.5, 0.6) is 0 Å². The predicted molar refractivity (Wildman–Crippen MR) is 239 cm³/mol. The summed E-state index contributed by atoms with van der Waals surface area (Å²) < 4.78 is 0. The van der Waals surface area contributed by atoms with Gasteiger partial charge >= 0.3 is 0 Å². The van der Waals surface area contributed by atoms with Gasteiger partial charge in [-0.1, -0.05) is 194 Å². The maximum atomic E-state index is 2.53. The lowest BCUT2D eigenvalue weighted by atomic mass is 9.84. The maximum Gasteiger partial charge on any atom is -0.000137 e. The van der Waals surface area contributed by atoms with Crippen molar-refractivity contribution in [1.29, 1.82) is 0 Å². The molecule has 0 heterocycles. The molecule has 2 aliphatic rings. The Morgan fingerprint density at radius 3 is 1.14 bits per heavy atom. The van der Waals surface area contributed by atoms with Crippen molar-refractivity contribution in [3.63, 3.8) is 0 Å². The van der Waals surface area contributed by atoms with Crippen molar-refractivity contribution in [2.45, 2.75) is 0 Å². The van der Waals surface area contributed by atoms with Gasteiger partial charge in [0.15, 0.2) is 0 Å². The molecule has 258 valence electrons. The maximum absolute atomic E-state index is 2.53. The summed E-state index contributed by atoms with van der Waals surface area (Å²) in [5.74, 6) is 0. The van der Waals surface area contributed by atoms with E-state index in [-0.39, 0.29) is 0 Å². The van der Waals surface area contributed by atoms with Crippen LogP contribution >= 0.6 is 0 Å². The summed E-state index contributed by atoms with van der Waals surface area (Å²) in [7, 11) is 0. The van der Waals surface area contributed by atoms with Crippen LogP contribution in [-0.4, -0.2) is 0 Å². The number of rotatable bonds is 4. The Labute approximate surface area is 325 Å². The fourth-order valence-electron chi connectivity index (χ4n) is 9.86. The molecule has 0 atom stereocenters. The summed E-state index contributed by atoms with van der Waals surface area (Å²) in [6.45, 7) is 0. The summed E-state index contributed by atoms with van der Waals surface area (Å²) in [5.41, 5.74) is 15.3. The monoisotopic (exact) mass is 706 g/mol. The second-order valence-corrected chi connectivity index (χ2v) is 15.1. The minimum atomic E-state index is 1.22. The fourth-order valence-corrected chi connectivity index (χ4v) is 9.86. The molecule has 0 unspecified atom stereocenters. The smallest absolute Gasteiger partial charge is 0.000137 e. The van der Waals surface area contributed by atoms with Crippen LogP contribution in [0.2, 0.25) is 0 Å². The molecule has 10 aromatic carbocycles. The molecule has 0 bridgehead atoms. The molecular formula is C56H34. The molecule has 0 fully saturated rings. The lowest BCUT2D eigenvalue weighted by molar-refractivity contribution is 1.56. The molecule has 0 radical (unpaired) electrons. The first-order valence-electron chi connectivity index (χ1n) is 19.5. The number of hydrogen-bond donors (Lipinski definition) is 0. The highest BCUT2D eigenvalue weighted by molar-refractivity contribution is 6.41. The zero-order valence-corrected chi connectivity index (χ0v) is 30.6. The van der Waals surface area contributed by atoms with E-state index in [2.05, 4.69) is 206 Å². The van der Waals surface area contributed by atoms with Crippen LogP contribution in [0.25, 0.3) is 81.7 Å². The third-order valence-electron chi connectivity index (χ3n) is 12.2. The third-order valence-corrected chi connectivity index (χ3v) is 12.2. The van der Waals surface area contributed by atoms with Crippen molar-refractivity contribution in [3.8, 4) is 0 Å². The number of hydrogen-bond acceptors (Lipinski definition) is 0.